The average Bonchev–Trinajstić information content (AvgIpc) is 2.91. The van der Waals surface area contributed by atoms with E-state index in [0.29, 0.717) is 32.3 Å². The molecular formula is C11H19NO3. The molecule has 3 aliphatic rings. The smallest absolute Gasteiger partial charge is 0.0995 e. The van der Waals surface area contributed by atoms with Crippen LogP contribution in [0.15, 0.2) is 0 Å². The summed E-state index contributed by atoms with van der Waals surface area (Å²) < 4.78 is 11.2. The van der Waals surface area contributed by atoms with Gasteiger partial charge in [-0.25, -0.2) is 0 Å². The van der Waals surface area contributed by atoms with Gasteiger partial charge in [-0.05, 0) is 19.3 Å². The fraction of sp³-hybridized carbons (Fsp3) is 1.00. The number of aliphatic hydroxyl groups is 1. The van der Waals surface area contributed by atoms with Gasteiger partial charge in [-0.3, -0.25) is 0 Å². The minimum atomic E-state index is -0.748. The third-order valence-corrected chi connectivity index (χ3v) is 4.61. The van der Waals surface area contributed by atoms with E-state index >= 15 is 0 Å². The summed E-state index contributed by atoms with van der Waals surface area (Å²) in [5.41, 5.74) is 4.93. The molecule has 15 heavy (non-hydrogen) atoms. The molecule has 0 aliphatic carbocycles. The zero-order valence-corrected chi connectivity index (χ0v) is 8.95. The molecule has 0 aromatic heterocycles. The zero-order valence-electron chi connectivity index (χ0n) is 8.95. The van der Waals surface area contributed by atoms with Crippen molar-refractivity contribution in [3.63, 3.8) is 0 Å². The highest BCUT2D eigenvalue weighted by Crippen LogP contribution is 2.55. The van der Waals surface area contributed by atoms with Gasteiger partial charge >= 0.3 is 0 Å². The van der Waals surface area contributed by atoms with Gasteiger partial charge in [-0.1, -0.05) is 0 Å². The van der Waals surface area contributed by atoms with Crippen molar-refractivity contribution >= 4 is 0 Å². The Morgan fingerprint density at radius 3 is 2.73 bits per heavy atom. The molecule has 0 saturated carbocycles. The summed E-state index contributed by atoms with van der Waals surface area (Å²) in [7, 11) is 0. The molecule has 3 aliphatic heterocycles. The highest BCUT2D eigenvalue weighted by Gasteiger charge is 2.63. The molecule has 0 spiro atoms. The Bertz CT molecular complexity index is 265. The van der Waals surface area contributed by atoms with Crippen molar-refractivity contribution in [1.82, 2.24) is 0 Å². The molecule has 3 N–H and O–H groups in total. The first kappa shape index (κ1) is 10.0. The van der Waals surface area contributed by atoms with E-state index in [0.717, 1.165) is 19.3 Å². The molecule has 4 atom stereocenters. The Hall–Kier alpha value is -0.160. The summed E-state index contributed by atoms with van der Waals surface area (Å²) in [5, 5.41) is 10.7. The van der Waals surface area contributed by atoms with Crippen LogP contribution in [-0.4, -0.2) is 42.7 Å². The quantitative estimate of drug-likeness (QED) is 0.679. The number of hydrogen-bond acceptors (Lipinski definition) is 4. The molecule has 3 heterocycles. The maximum Gasteiger partial charge on any atom is 0.0995 e. The lowest BCUT2D eigenvalue weighted by Crippen LogP contribution is -2.58. The van der Waals surface area contributed by atoms with Crippen molar-refractivity contribution in [2.45, 2.75) is 43.5 Å². The van der Waals surface area contributed by atoms with Crippen LogP contribution in [0, 0.1) is 5.41 Å². The Morgan fingerprint density at radius 1 is 1.40 bits per heavy atom. The van der Waals surface area contributed by atoms with E-state index in [9.17, 15) is 5.11 Å². The highest BCUT2D eigenvalue weighted by atomic mass is 16.5. The SMILES string of the molecule is NCC1(C2(O)CCOC2)CC2CCC1O2. The van der Waals surface area contributed by atoms with E-state index in [1.54, 1.807) is 0 Å². The Labute approximate surface area is 89.7 Å². The minimum Gasteiger partial charge on any atom is -0.387 e. The van der Waals surface area contributed by atoms with Crippen molar-refractivity contribution in [3.8, 4) is 0 Å². The molecule has 86 valence electrons. The molecule has 4 unspecified atom stereocenters. The number of rotatable bonds is 2. The van der Waals surface area contributed by atoms with Crippen LogP contribution in [0.25, 0.3) is 0 Å². The summed E-state index contributed by atoms with van der Waals surface area (Å²) >= 11 is 0. The van der Waals surface area contributed by atoms with Crippen LogP contribution in [0.5, 0.6) is 0 Å². The molecule has 0 amide bonds. The molecule has 4 nitrogen and oxygen atoms in total. The first-order valence-electron chi connectivity index (χ1n) is 5.86. The normalized spacial score (nSPS) is 54.0. The second-order valence-corrected chi connectivity index (χ2v) is 5.22. The summed E-state index contributed by atoms with van der Waals surface area (Å²) in [4.78, 5) is 0. The first-order chi connectivity index (χ1) is 7.20. The van der Waals surface area contributed by atoms with Crippen LogP contribution >= 0.6 is 0 Å². The van der Waals surface area contributed by atoms with Crippen molar-refractivity contribution < 1.29 is 14.6 Å². The van der Waals surface area contributed by atoms with Crippen molar-refractivity contribution in [1.29, 1.82) is 0 Å². The number of ether oxygens (including phenoxy) is 2. The Kier molecular flexibility index (Phi) is 2.12. The Balaban J connectivity index is 1.92. The molecule has 3 fully saturated rings. The molecular weight excluding hydrogens is 194 g/mol. The van der Waals surface area contributed by atoms with Gasteiger partial charge in [-0.15, -0.1) is 0 Å². The lowest BCUT2D eigenvalue weighted by atomic mass is 9.62. The Morgan fingerprint density at radius 2 is 2.27 bits per heavy atom. The molecule has 0 aromatic rings. The van der Waals surface area contributed by atoms with Gasteiger partial charge in [0.25, 0.3) is 0 Å². The van der Waals surface area contributed by atoms with E-state index in [2.05, 4.69) is 0 Å². The van der Waals surface area contributed by atoms with Crippen LogP contribution in [0.2, 0.25) is 0 Å². The largest absolute Gasteiger partial charge is 0.387 e. The summed E-state index contributed by atoms with van der Waals surface area (Å²) in [6.45, 7) is 1.58. The predicted molar refractivity (Wildman–Crippen MR) is 54.4 cm³/mol. The van der Waals surface area contributed by atoms with Gasteiger partial charge in [0.05, 0.1) is 24.4 Å². The lowest BCUT2D eigenvalue weighted by molar-refractivity contribution is -0.111. The summed E-state index contributed by atoms with van der Waals surface area (Å²) in [6.07, 6.45) is 4.26. The predicted octanol–water partition coefficient (Wildman–Crippen LogP) is 0.0342. The number of hydrogen-bond donors (Lipinski definition) is 2. The van der Waals surface area contributed by atoms with Gasteiger partial charge in [0.2, 0.25) is 0 Å². The van der Waals surface area contributed by atoms with Crippen molar-refractivity contribution in [2.75, 3.05) is 19.8 Å². The zero-order chi connectivity index (χ0) is 10.5. The maximum atomic E-state index is 10.7. The molecule has 0 radical (unpaired) electrons. The van der Waals surface area contributed by atoms with E-state index in [4.69, 9.17) is 15.2 Å². The summed E-state index contributed by atoms with van der Waals surface area (Å²) in [6, 6.07) is 0. The fourth-order valence-corrected chi connectivity index (χ4v) is 3.64. The molecule has 0 aromatic carbocycles. The standard InChI is InChI=1S/C11H19NO3/c12-6-10(11(13)3-4-14-7-11)5-8-1-2-9(10)15-8/h8-9,13H,1-7,12H2. The third kappa shape index (κ3) is 1.16. The lowest BCUT2D eigenvalue weighted by Gasteiger charge is -2.45. The maximum absolute atomic E-state index is 10.7. The van der Waals surface area contributed by atoms with Gasteiger partial charge in [0.15, 0.2) is 0 Å². The first-order valence-corrected chi connectivity index (χ1v) is 5.86. The van der Waals surface area contributed by atoms with Gasteiger partial charge in [0.1, 0.15) is 0 Å². The second-order valence-electron chi connectivity index (χ2n) is 5.22. The van der Waals surface area contributed by atoms with E-state index in [1.807, 2.05) is 0 Å². The van der Waals surface area contributed by atoms with Crippen LogP contribution in [-0.2, 0) is 9.47 Å². The molecule has 3 saturated heterocycles. The number of nitrogens with two attached hydrogens (primary N) is 1. The van der Waals surface area contributed by atoms with Crippen molar-refractivity contribution in [3.05, 3.63) is 0 Å². The van der Waals surface area contributed by atoms with Crippen LogP contribution < -0.4 is 5.73 Å². The highest BCUT2D eigenvalue weighted by molar-refractivity contribution is 5.12. The number of fused-ring (bicyclic) bond motifs is 2. The fourth-order valence-electron chi connectivity index (χ4n) is 3.64. The summed E-state index contributed by atoms with van der Waals surface area (Å²) in [5.74, 6) is 0. The van der Waals surface area contributed by atoms with Crippen LogP contribution in [0.3, 0.4) is 0 Å². The minimum absolute atomic E-state index is 0.152. The topological polar surface area (TPSA) is 64.7 Å². The monoisotopic (exact) mass is 213 g/mol. The van der Waals surface area contributed by atoms with Crippen LogP contribution in [0.1, 0.15) is 25.7 Å². The van der Waals surface area contributed by atoms with Crippen molar-refractivity contribution in [2.24, 2.45) is 11.1 Å². The van der Waals surface area contributed by atoms with E-state index in [1.165, 1.54) is 0 Å². The molecule has 2 bridgehead atoms. The van der Waals surface area contributed by atoms with E-state index in [-0.39, 0.29) is 11.5 Å². The average molecular weight is 213 g/mol. The van der Waals surface area contributed by atoms with Gasteiger partial charge < -0.3 is 20.3 Å². The molecule has 4 heteroatoms. The second kappa shape index (κ2) is 3.17. The van der Waals surface area contributed by atoms with E-state index < -0.39 is 5.60 Å². The van der Waals surface area contributed by atoms with Gasteiger partial charge in [0, 0.05) is 25.0 Å². The third-order valence-electron chi connectivity index (χ3n) is 4.61. The van der Waals surface area contributed by atoms with Crippen LogP contribution in [0.4, 0.5) is 0 Å². The molecule has 3 rings (SSSR count). The van der Waals surface area contributed by atoms with Gasteiger partial charge in [-0.2, -0.15) is 0 Å².